The molecule has 2 aromatic carbocycles. The molecule has 8 heteroatoms. The SMILES string of the molecule is CC(C)NS(=O)(=O)c1ccc(C(=O)N(Cc2ccc(C(=O)NC3CC3)cc2)C2CC2)cc1. The zero-order valence-corrected chi connectivity index (χ0v) is 19.2. The van der Waals surface area contributed by atoms with Gasteiger partial charge < -0.3 is 10.2 Å². The van der Waals surface area contributed by atoms with Crippen LogP contribution in [0.2, 0.25) is 0 Å². The van der Waals surface area contributed by atoms with Crippen LogP contribution in [0.1, 0.15) is 65.8 Å². The van der Waals surface area contributed by atoms with Gasteiger partial charge in [0.2, 0.25) is 10.0 Å². The first-order valence-electron chi connectivity index (χ1n) is 11.1. The standard InChI is InChI=1S/C24H29N3O4S/c1-16(2)26-32(30,31)22-13-7-19(8-14-22)24(29)27(21-11-12-21)15-17-3-5-18(6-4-17)23(28)25-20-9-10-20/h3-8,13-14,16,20-21,26H,9-12,15H2,1-2H3,(H,25,28). The molecule has 0 bridgehead atoms. The van der Waals surface area contributed by atoms with E-state index in [4.69, 9.17) is 0 Å². The lowest BCUT2D eigenvalue weighted by Crippen LogP contribution is -2.33. The molecule has 2 N–H and O–H groups in total. The molecule has 2 aliphatic rings. The van der Waals surface area contributed by atoms with Gasteiger partial charge in [-0.3, -0.25) is 9.59 Å². The van der Waals surface area contributed by atoms with Crippen LogP contribution >= 0.6 is 0 Å². The number of amides is 2. The second kappa shape index (κ2) is 9.03. The highest BCUT2D eigenvalue weighted by molar-refractivity contribution is 7.89. The van der Waals surface area contributed by atoms with E-state index in [2.05, 4.69) is 10.0 Å². The van der Waals surface area contributed by atoms with Crippen LogP contribution in [-0.4, -0.2) is 43.3 Å². The Hall–Kier alpha value is -2.71. The first-order valence-corrected chi connectivity index (χ1v) is 12.5. The summed E-state index contributed by atoms with van der Waals surface area (Å²) < 4.78 is 27.2. The number of hydrogen-bond donors (Lipinski definition) is 2. The topological polar surface area (TPSA) is 95.6 Å². The first-order chi connectivity index (χ1) is 15.2. The highest BCUT2D eigenvalue weighted by Crippen LogP contribution is 2.30. The van der Waals surface area contributed by atoms with E-state index >= 15 is 0 Å². The van der Waals surface area contributed by atoms with E-state index in [-0.39, 0.29) is 28.8 Å². The number of hydrogen-bond acceptors (Lipinski definition) is 4. The summed E-state index contributed by atoms with van der Waals surface area (Å²) in [7, 11) is -3.60. The Morgan fingerprint density at radius 1 is 0.938 bits per heavy atom. The summed E-state index contributed by atoms with van der Waals surface area (Å²) in [5.41, 5.74) is 2.03. The minimum absolute atomic E-state index is 0.0591. The highest BCUT2D eigenvalue weighted by Gasteiger charge is 2.33. The summed E-state index contributed by atoms with van der Waals surface area (Å²) in [5, 5.41) is 2.97. The van der Waals surface area contributed by atoms with Crippen LogP contribution in [0.4, 0.5) is 0 Å². The fourth-order valence-corrected chi connectivity index (χ4v) is 4.78. The largest absolute Gasteiger partial charge is 0.349 e. The van der Waals surface area contributed by atoms with Crippen molar-refractivity contribution in [3.8, 4) is 0 Å². The van der Waals surface area contributed by atoms with E-state index in [1.54, 1.807) is 38.1 Å². The van der Waals surface area contributed by atoms with Crippen LogP contribution in [0.15, 0.2) is 53.4 Å². The molecular weight excluding hydrogens is 426 g/mol. The molecule has 2 saturated carbocycles. The van der Waals surface area contributed by atoms with Gasteiger partial charge in [-0.05, 0) is 81.5 Å². The third-order valence-electron chi connectivity index (χ3n) is 5.53. The van der Waals surface area contributed by atoms with Crippen LogP contribution in [0.5, 0.6) is 0 Å². The van der Waals surface area contributed by atoms with Crippen molar-refractivity contribution < 1.29 is 18.0 Å². The van der Waals surface area contributed by atoms with Crippen LogP contribution in [0, 0.1) is 0 Å². The van der Waals surface area contributed by atoms with Crippen molar-refractivity contribution in [1.29, 1.82) is 0 Å². The molecule has 0 spiro atoms. The highest BCUT2D eigenvalue weighted by atomic mass is 32.2. The number of sulfonamides is 1. The average Bonchev–Trinajstić information content (AvgIpc) is 3.66. The summed E-state index contributed by atoms with van der Waals surface area (Å²) in [6.45, 7) is 3.97. The summed E-state index contributed by atoms with van der Waals surface area (Å²) >= 11 is 0. The maximum Gasteiger partial charge on any atom is 0.254 e. The zero-order chi connectivity index (χ0) is 22.9. The quantitative estimate of drug-likeness (QED) is 0.607. The third-order valence-corrected chi connectivity index (χ3v) is 7.21. The average molecular weight is 456 g/mol. The van der Waals surface area contributed by atoms with Crippen LogP contribution in [0.25, 0.3) is 0 Å². The predicted molar refractivity (Wildman–Crippen MR) is 122 cm³/mol. The Morgan fingerprint density at radius 2 is 1.53 bits per heavy atom. The molecule has 2 fully saturated rings. The fourth-order valence-electron chi connectivity index (χ4n) is 3.53. The van der Waals surface area contributed by atoms with E-state index in [1.807, 2.05) is 17.0 Å². The fraction of sp³-hybridized carbons (Fsp3) is 0.417. The summed E-state index contributed by atoms with van der Waals surface area (Å²) in [5.74, 6) is -0.181. The minimum Gasteiger partial charge on any atom is -0.349 e. The molecule has 0 radical (unpaired) electrons. The molecule has 4 rings (SSSR count). The second-order valence-corrected chi connectivity index (χ2v) is 10.6. The molecule has 2 aromatic rings. The number of benzene rings is 2. The van der Waals surface area contributed by atoms with Gasteiger partial charge in [0.05, 0.1) is 4.90 Å². The van der Waals surface area contributed by atoms with E-state index in [0.717, 1.165) is 31.2 Å². The van der Waals surface area contributed by atoms with Gasteiger partial charge >= 0.3 is 0 Å². The maximum absolute atomic E-state index is 13.2. The van der Waals surface area contributed by atoms with Crippen LogP contribution in [0.3, 0.4) is 0 Å². The lowest BCUT2D eigenvalue weighted by Gasteiger charge is -2.23. The molecule has 7 nitrogen and oxygen atoms in total. The number of nitrogens with one attached hydrogen (secondary N) is 2. The molecule has 0 saturated heterocycles. The Kier molecular flexibility index (Phi) is 6.35. The second-order valence-electron chi connectivity index (χ2n) is 8.91. The van der Waals surface area contributed by atoms with Crippen molar-refractivity contribution in [2.75, 3.05) is 0 Å². The number of carbonyl (C=O) groups is 2. The van der Waals surface area contributed by atoms with Crippen LogP contribution < -0.4 is 10.0 Å². The summed E-state index contributed by atoms with van der Waals surface area (Å²) in [6, 6.07) is 13.7. The Labute approximate surface area is 189 Å². The smallest absolute Gasteiger partial charge is 0.254 e. The zero-order valence-electron chi connectivity index (χ0n) is 18.4. The monoisotopic (exact) mass is 455 g/mol. The first kappa shape index (κ1) is 22.5. The van der Waals surface area contributed by atoms with Gasteiger partial charge in [0.1, 0.15) is 0 Å². The van der Waals surface area contributed by atoms with Gasteiger partial charge in [-0.2, -0.15) is 0 Å². The lowest BCUT2D eigenvalue weighted by atomic mass is 10.1. The van der Waals surface area contributed by atoms with E-state index in [1.165, 1.54) is 12.1 Å². The molecule has 2 aliphatic carbocycles. The van der Waals surface area contributed by atoms with E-state index < -0.39 is 10.0 Å². The maximum atomic E-state index is 13.2. The van der Waals surface area contributed by atoms with Gasteiger partial charge in [-0.1, -0.05) is 12.1 Å². The number of nitrogens with zero attached hydrogens (tertiary/aromatic N) is 1. The molecule has 0 heterocycles. The van der Waals surface area contributed by atoms with Crippen molar-refractivity contribution in [3.05, 3.63) is 65.2 Å². The minimum atomic E-state index is -3.60. The number of carbonyl (C=O) groups excluding carboxylic acids is 2. The molecule has 2 amide bonds. The van der Waals surface area contributed by atoms with Crippen molar-refractivity contribution >= 4 is 21.8 Å². The molecule has 0 atom stereocenters. The molecule has 0 aromatic heterocycles. The van der Waals surface area contributed by atoms with E-state index in [9.17, 15) is 18.0 Å². The van der Waals surface area contributed by atoms with E-state index in [0.29, 0.717) is 23.7 Å². The van der Waals surface area contributed by atoms with Gasteiger partial charge in [-0.25, -0.2) is 13.1 Å². The van der Waals surface area contributed by atoms with Crippen molar-refractivity contribution in [3.63, 3.8) is 0 Å². The normalized spacial score (nSPS) is 16.1. The molecule has 0 aliphatic heterocycles. The lowest BCUT2D eigenvalue weighted by molar-refractivity contribution is 0.0729. The summed E-state index contributed by atoms with van der Waals surface area (Å²) in [4.78, 5) is 27.3. The Morgan fingerprint density at radius 3 is 2.06 bits per heavy atom. The van der Waals surface area contributed by atoms with Crippen molar-refractivity contribution in [1.82, 2.24) is 14.9 Å². The van der Waals surface area contributed by atoms with Gasteiger partial charge in [0, 0.05) is 35.8 Å². The van der Waals surface area contributed by atoms with Gasteiger partial charge in [0.25, 0.3) is 11.8 Å². The third kappa shape index (κ3) is 5.55. The molecule has 170 valence electrons. The molecule has 0 unspecified atom stereocenters. The predicted octanol–water partition coefficient (Wildman–Crippen LogP) is 3.07. The van der Waals surface area contributed by atoms with Crippen molar-refractivity contribution in [2.45, 2.75) is 69.1 Å². The van der Waals surface area contributed by atoms with Crippen molar-refractivity contribution in [2.24, 2.45) is 0 Å². The summed E-state index contributed by atoms with van der Waals surface area (Å²) in [6.07, 6.45) is 4.00. The van der Waals surface area contributed by atoms with Gasteiger partial charge in [0.15, 0.2) is 0 Å². The van der Waals surface area contributed by atoms with Crippen LogP contribution in [-0.2, 0) is 16.6 Å². The number of rotatable bonds is 9. The molecular formula is C24H29N3O4S. The Bertz CT molecular complexity index is 1090. The molecule has 32 heavy (non-hydrogen) atoms. The van der Waals surface area contributed by atoms with Gasteiger partial charge in [-0.15, -0.1) is 0 Å². The Balaban J connectivity index is 1.44.